The molecule has 0 radical (unpaired) electrons. The minimum absolute atomic E-state index is 0.344. The molecule has 1 fully saturated rings. The van der Waals surface area contributed by atoms with Gasteiger partial charge in [0.1, 0.15) is 0 Å². The molecule has 2 heterocycles. The number of hydrogen-bond donors (Lipinski definition) is 1. The first-order valence-electron chi connectivity index (χ1n) is 5.37. The van der Waals surface area contributed by atoms with Gasteiger partial charge in [0.25, 0.3) is 0 Å². The van der Waals surface area contributed by atoms with Crippen molar-refractivity contribution in [1.82, 2.24) is 5.32 Å². The van der Waals surface area contributed by atoms with Crippen LogP contribution in [0.3, 0.4) is 0 Å². The molecule has 0 amide bonds. The van der Waals surface area contributed by atoms with Crippen LogP contribution < -0.4 is 5.32 Å². The number of hydrogen-bond acceptors (Lipinski definition) is 2. The van der Waals surface area contributed by atoms with Gasteiger partial charge in [-0.3, -0.25) is 0 Å². The number of halogens is 1. The van der Waals surface area contributed by atoms with Crippen molar-refractivity contribution in [3.63, 3.8) is 0 Å². The minimum Gasteiger partial charge on any atom is -0.372 e. The van der Waals surface area contributed by atoms with E-state index < -0.39 is 0 Å². The third-order valence-electron chi connectivity index (χ3n) is 3.43. The van der Waals surface area contributed by atoms with Crippen LogP contribution in [0.1, 0.15) is 22.6 Å². The molecule has 0 aromatic heterocycles. The summed E-state index contributed by atoms with van der Waals surface area (Å²) in [7, 11) is 0. The molecule has 1 aromatic rings. The minimum atomic E-state index is 0.344. The lowest BCUT2D eigenvalue weighted by atomic mass is 9.89. The Morgan fingerprint density at radius 3 is 3.13 bits per heavy atom. The fourth-order valence-electron chi connectivity index (χ4n) is 2.56. The Kier molecular flexibility index (Phi) is 2.23. The molecular formula is C12H14ClNO. The zero-order chi connectivity index (χ0) is 10.4. The van der Waals surface area contributed by atoms with Gasteiger partial charge < -0.3 is 10.1 Å². The first kappa shape index (κ1) is 9.64. The molecule has 0 unspecified atom stereocenters. The summed E-state index contributed by atoms with van der Waals surface area (Å²) in [6.45, 7) is 4.75. The molecule has 2 aliphatic heterocycles. The van der Waals surface area contributed by atoms with Crippen LogP contribution in [-0.2, 0) is 11.3 Å². The Bertz CT molecular complexity index is 405. The van der Waals surface area contributed by atoms with E-state index in [4.69, 9.17) is 16.3 Å². The van der Waals surface area contributed by atoms with E-state index in [0.29, 0.717) is 12.0 Å². The second kappa shape index (κ2) is 3.48. The van der Waals surface area contributed by atoms with Crippen LogP contribution in [0, 0.1) is 6.92 Å². The predicted octanol–water partition coefficient (Wildman–Crippen LogP) is 2.23. The molecule has 1 saturated heterocycles. The van der Waals surface area contributed by atoms with Gasteiger partial charge in [-0.2, -0.15) is 0 Å². The highest BCUT2D eigenvalue weighted by Gasteiger charge is 2.34. The van der Waals surface area contributed by atoms with E-state index in [1.807, 2.05) is 6.92 Å². The quantitative estimate of drug-likeness (QED) is 0.729. The average molecular weight is 224 g/mol. The Labute approximate surface area is 94.6 Å². The number of rotatable bonds is 0. The second-order valence-corrected chi connectivity index (χ2v) is 4.82. The van der Waals surface area contributed by atoms with E-state index in [0.717, 1.165) is 30.3 Å². The van der Waals surface area contributed by atoms with Gasteiger partial charge in [-0.25, -0.2) is 0 Å². The molecule has 2 nitrogen and oxygen atoms in total. The van der Waals surface area contributed by atoms with E-state index in [-0.39, 0.29) is 0 Å². The summed E-state index contributed by atoms with van der Waals surface area (Å²) in [5.74, 6) is 0.492. The SMILES string of the molecule is Cc1cc2c(cc1Cl)[C@H]1CNC[C@H]1OC2. The van der Waals surface area contributed by atoms with Crippen LogP contribution in [0.4, 0.5) is 0 Å². The second-order valence-electron chi connectivity index (χ2n) is 4.41. The Morgan fingerprint density at radius 1 is 1.40 bits per heavy atom. The monoisotopic (exact) mass is 223 g/mol. The largest absolute Gasteiger partial charge is 0.372 e. The number of fused-ring (bicyclic) bond motifs is 3. The van der Waals surface area contributed by atoms with Crippen molar-refractivity contribution in [2.24, 2.45) is 0 Å². The molecule has 0 spiro atoms. The fraction of sp³-hybridized carbons (Fsp3) is 0.500. The molecule has 1 N–H and O–H groups in total. The predicted molar refractivity (Wildman–Crippen MR) is 60.4 cm³/mol. The summed E-state index contributed by atoms with van der Waals surface area (Å²) in [4.78, 5) is 0. The van der Waals surface area contributed by atoms with Crippen LogP contribution in [0.15, 0.2) is 12.1 Å². The lowest BCUT2D eigenvalue weighted by molar-refractivity contribution is 0.0299. The third-order valence-corrected chi connectivity index (χ3v) is 3.84. The van der Waals surface area contributed by atoms with Gasteiger partial charge >= 0.3 is 0 Å². The van der Waals surface area contributed by atoms with Crippen LogP contribution in [0.5, 0.6) is 0 Å². The average Bonchev–Trinajstić information content (AvgIpc) is 2.68. The molecule has 2 aliphatic rings. The summed E-state index contributed by atoms with van der Waals surface area (Å²) in [5, 5.41) is 4.25. The molecule has 0 aliphatic carbocycles. The topological polar surface area (TPSA) is 21.3 Å². The van der Waals surface area contributed by atoms with Crippen LogP contribution in [0.2, 0.25) is 5.02 Å². The molecule has 3 rings (SSSR count). The standard InChI is InChI=1S/C12H14ClNO/c1-7-2-8-6-15-12-5-14-4-10(12)9(8)3-11(7)13/h2-3,10,12,14H,4-6H2,1H3/t10-,12-/m1/s1. The van der Waals surface area contributed by atoms with Crippen LogP contribution in [0.25, 0.3) is 0 Å². The normalized spacial score (nSPS) is 28.7. The Morgan fingerprint density at radius 2 is 2.27 bits per heavy atom. The summed E-state index contributed by atoms with van der Waals surface area (Å²) >= 11 is 6.17. The molecule has 2 atom stereocenters. The summed E-state index contributed by atoms with van der Waals surface area (Å²) in [5.41, 5.74) is 3.83. The van der Waals surface area contributed by atoms with Crippen LogP contribution in [-0.4, -0.2) is 19.2 Å². The van der Waals surface area contributed by atoms with Gasteiger partial charge in [-0.1, -0.05) is 17.7 Å². The maximum Gasteiger partial charge on any atom is 0.0784 e. The smallest absolute Gasteiger partial charge is 0.0784 e. The van der Waals surface area contributed by atoms with Crippen molar-refractivity contribution in [2.75, 3.05) is 13.1 Å². The van der Waals surface area contributed by atoms with Gasteiger partial charge in [0.2, 0.25) is 0 Å². The molecule has 80 valence electrons. The Balaban J connectivity index is 2.09. The lowest BCUT2D eigenvalue weighted by Gasteiger charge is -2.28. The summed E-state index contributed by atoms with van der Waals surface area (Å²) < 4.78 is 5.82. The highest BCUT2D eigenvalue weighted by atomic mass is 35.5. The molecule has 15 heavy (non-hydrogen) atoms. The van der Waals surface area contributed by atoms with Gasteiger partial charge in [-0.15, -0.1) is 0 Å². The number of aryl methyl sites for hydroxylation is 1. The first-order valence-corrected chi connectivity index (χ1v) is 5.75. The molecular weight excluding hydrogens is 210 g/mol. The number of benzene rings is 1. The Hall–Kier alpha value is -0.570. The molecule has 1 aromatic carbocycles. The van der Waals surface area contributed by atoms with Crippen molar-refractivity contribution in [3.8, 4) is 0 Å². The summed E-state index contributed by atoms with van der Waals surface area (Å²) in [6.07, 6.45) is 0.344. The van der Waals surface area contributed by atoms with E-state index in [2.05, 4.69) is 17.4 Å². The first-order chi connectivity index (χ1) is 7.25. The van der Waals surface area contributed by atoms with E-state index in [1.165, 1.54) is 11.1 Å². The zero-order valence-electron chi connectivity index (χ0n) is 8.72. The lowest BCUT2D eigenvalue weighted by Crippen LogP contribution is -2.26. The van der Waals surface area contributed by atoms with Gasteiger partial charge in [-0.05, 0) is 29.7 Å². The van der Waals surface area contributed by atoms with E-state index >= 15 is 0 Å². The number of nitrogens with one attached hydrogen (secondary N) is 1. The molecule has 3 heteroatoms. The number of ether oxygens (including phenoxy) is 1. The highest BCUT2D eigenvalue weighted by Crippen LogP contribution is 2.36. The highest BCUT2D eigenvalue weighted by molar-refractivity contribution is 6.31. The van der Waals surface area contributed by atoms with Crippen molar-refractivity contribution < 1.29 is 4.74 Å². The fourth-order valence-corrected chi connectivity index (χ4v) is 2.74. The van der Waals surface area contributed by atoms with E-state index in [1.54, 1.807) is 0 Å². The third kappa shape index (κ3) is 1.48. The van der Waals surface area contributed by atoms with Crippen molar-refractivity contribution >= 4 is 11.6 Å². The van der Waals surface area contributed by atoms with Crippen LogP contribution >= 0.6 is 11.6 Å². The van der Waals surface area contributed by atoms with Gasteiger partial charge in [0.15, 0.2) is 0 Å². The van der Waals surface area contributed by atoms with Gasteiger partial charge in [0, 0.05) is 24.0 Å². The maximum atomic E-state index is 6.17. The van der Waals surface area contributed by atoms with Crippen molar-refractivity contribution in [1.29, 1.82) is 0 Å². The zero-order valence-corrected chi connectivity index (χ0v) is 9.47. The molecule has 0 bridgehead atoms. The molecule has 0 saturated carbocycles. The maximum absolute atomic E-state index is 6.17. The van der Waals surface area contributed by atoms with Crippen molar-refractivity contribution in [2.45, 2.75) is 25.6 Å². The van der Waals surface area contributed by atoms with Gasteiger partial charge in [0.05, 0.1) is 12.7 Å². The summed E-state index contributed by atoms with van der Waals surface area (Å²) in [6, 6.07) is 4.28. The van der Waals surface area contributed by atoms with E-state index in [9.17, 15) is 0 Å². The van der Waals surface area contributed by atoms with Crippen molar-refractivity contribution in [3.05, 3.63) is 33.8 Å².